The van der Waals surface area contributed by atoms with Gasteiger partial charge in [-0.3, -0.25) is 0 Å². The highest BCUT2D eigenvalue weighted by molar-refractivity contribution is 5.86. The van der Waals surface area contributed by atoms with Gasteiger partial charge in [0.1, 0.15) is 5.82 Å². The lowest BCUT2D eigenvalue weighted by Crippen LogP contribution is -2.18. The van der Waals surface area contributed by atoms with Gasteiger partial charge in [0.25, 0.3) is 0 Å². The van der Waals surface area contributed by atoms with Gasteiger partial charge in [-0.25, -0.2) is 14.8 Å². The van der Waals surface area contributed by atoms with Crippen LogP contribution in [0.25, 0.3) is 0 Å². The topological polar surface area (TPSA) is 73.3 Å². The molecular weight excluding hydrogens is 234 g/mol. The molecule has 2 unspecified atom stereocenters. The Hall–Kier alpha value is -1.69. The third-order valence-electron chi connectivity index (χ3n) is 3.12. The SMILES string of the molecule is COC(=O)c1cnc(NC2CCC(OC)C2)cn1. The fourth-order valence-electron chi connectivity index (χ4n) is 2.11. The first-order valence-electron chi connectivity index (χ1n) is 5.92. The largest absolute Gasteiger partial charge is 0.464 e. The molecule has 1 aliphatic carbocycles. The van der Waals surface area contributed by atoms with Gasteiger partial charge in [-0.2, -0.15) is 0 Å². The summed E-state index contributed by atoms with van der Waals surface area (Å²) < 4.78 is 9.87. The van der Waals surface area contributed by atoms with Crippen molar-refractivity contribution in [3.05, 3.63) is 18.1 Å². The molecule has 2 atom stereocenters. The highest BCUT2D eigenvalue weighted by Gasteiger charge is 2.24. The number of rotatable bonds is 4. The van der Waals surface area contributed by atoms with E-state index in [1.165, 1.54) is 13.3 Å². The minimum absolute atomic E-state index is 0.212. The van der Waals surface area contributed by atoms with E-state index in [1.807, 2.05) is 0 Å². The molecule has 0 spiro atoms. The van der Waals surface area contributed by atoms with Gasteiger partial charge in [-0.1, -0.05) is 0 Å². The molecule has 18 heavy (non-hydrogen) atoms. The maximum Gasteiger partial charge on any atom is 0.358 e. The Labute approximate surface area is 106 Å². The average Bonchev–Trinajstić information content (AvgIpc) is 2.86. The van der Waals surface area contributed by atoms with Crippen molar-refractivity contribution in [3.8, 4) is 0 Å². The molecule has 6 nitrogen and oxygen atoms in total. The van der Waals surface area contributed by atoms with E-state index in [2.05, 4.69) is 20.0 Å². The molecule has 6 heteroatoms. The van der Waals surface area contributed by atoms with Crippen LogP contribution in [-0.4, -0.2) is 42.3 Å². The average molecular weight is 251 g/mol. The molecule has 0 radical (unpaired) electrons. The molecule has 1 N–H and O–H groups in total. The van der Waals surface area contributed by atoms with Crippen molar-refractivity contribution in [3.63, 3.8) is 0 Å². The lowest BCUT2D eigenvalue weighted by molar-refractivity contribution is 0.0593. The molecule has 1 aromatic rings. The Bertz CT molecular complexity index is 408. The summed E-state index contributed by atoms with van der Waals surface area (Å²) in [4.78, 5) is 19.3. The van der Waals surface area contributed by atoms with Gasteiger partial charge in [0.15, 0.2) is 5.69 Å². The summed E-state index contributed by atoms with van der Waals surface area (Å²) >= 11 is 0. The van der Waals surface area contributed by atoms with Crippen LogP contribution in [0.15, 0.2) is 12.4 Å². The van der Waals surface area contributed by atoms with E-state index in [0.29, 0.717) is 18.0 Å². The molecule has 0 saturated heterocycles. The quantitative estimate of drug-likeness (QED) is 0.812. The van der Waals surface area contributed by atoms with E-state index >= 15 is 0 Å². The fourth-order valence-corrected chi connectivity index (χ4v) is 2.11. The third-order valence-corrected chi connectivity index (χ3v) is 3.12. The summed E-state index contributed by atoms with van der Waals surface area (Å²) in [6.07, 6.45) is 6.37. The van der Waals surface area contributed by atoms with Gasteiger partial charge >= 0.3 is 5.97 Å². The summed E-state index contributed by atoms with van der Waals surface area (Å²) in [5, 5.41) is 3.28. The number of ether oxygens (including phenoxy) is 2. The lowest BCUT2D eigenvalue weighted by atomic mass is 10.2. The Morgan fingerprint density at radius 1 is 1.33 bits per heavy atom. The first-order chi connectivity index (χ1) is 8.72. The molecule has 1 aliphatic rings. The second-order valence-corrected chi connectivity index (χ2v) is 4.29. The Kier molecular flexibility index (Phi) is 4.09. The first-order valence-corrected chi connectivity index (χ1v) is 5.92. The van der Waals surface area contributed by atoms with Crippen molar-refractivity contribution >= 4 is 11.8 Å². The van der Waals surface area contributed by atoms with Gasteiger partial charge in [0.2, 0.25) is 0 Å². The number of nitrogens with zero attached hydrogens (tertiary/aromatic N) is 2. The number of anilines is 1. The maximum atomic E-state index is 11.2. The van der Waals surface area contributed by atoms with Crippen LogP contribution in [0.3, 0.4) is 0 Å². The van der Waals surface area contributed by atoms with Crippen molar-refractivity contribution in [1.29, 1.82) is 0 Å². The summed E-state index contributed by atoms with van der Waals surface area (Å²) in [5.74, 6) is 0.193. The number of methoxy groups -OCH3 is 2. The van der Waals surface area contributed by atoms with E-state index in [4.69, 9.17) is 4.74 Å². The van der Waals surface area contributed by atoms with Gasteiger partial charge in [-0.15, -0.1) is 0 Å². The molecule has 0 aromatic carbocycles. The van der Waals surface area contributed by atoms with Crippen LogP contribution in [0.1, 0.15) is 29.8 Å². The Balaban J connectivity index is 1.92. The van der Waals surface area contributed by atoms with Crippen molar-refractivity contribution < 1.29 is 14.3 Å². The number of hydrogen-bond donors (Lipinski definition) is 1. The standard InChI is InChI=1S/C12H17N3O3/c1-17-9-4-3-8(5-9)15-11-7-13-10(6-14-11)12(16)18-2/h6-9H,3-5H2,1-2H3,(H,14,15). The molecule has 0 amide bonds. The molecule has 0 bridgehead atoms. The second-order valence-electron chi connectivity index (χ2n) is 4.29. The highest BCUT2D eigenvalue weighted by atomic mass is 16.5. The van der Waals surface area contributed by atoms with E-state index in [1.54, 1.807) is 13.3 Å². The minimum Gasteiger partial charge on any atom is -0.464 e. The van der Waals surface area contributed by atoms with E-state index in [0.717, 1.165) is 19.3 Å². The first kappa shape index (κ1) is 12.8. The lowest BCUT2D eigenvalue weighted by Gasteiger charge is -2.13. The normalized spacial score (nSPS) is 22.8. The Morgan fingerprint density at radius 2 is 2.17 bits per heavy atom. The van der Waals surface area contributed by atoms with Crippen LogP contribution >= 0.6 is 0 Å². The smallest absolute Gasteiger partial charge is 0.358 e. The zero-order chi connectivity index (χ0) is 13.0. The highest BCUT2D eigenvalue weighted by Crippen LogP contribution is 2.23. The number of esters is 1. The number of aromatic nitrogens is 2. The molecule has 0 aliphatic heterocycles. The zero-order valence-electron chi connectivity index (χ0n) is 10.5. The summed E-state index contributed by atoms with van der Waals surface area (Å²) in [5.41, 5.74) is 0.212. The molecule has 1 heterocycles. The summed E-state index contributed by atoms with van der Waals surface area (Å²) in [6, 6.07) is 0.355. The number of carbonyl (C=O) groups excluding carboxylic acids is 1. The van der Waals surface area contributed by atoms with E-state index in [-0.39, 0.29) is 5.69 Å². The van der Waals surface area contributed by atoms with Crippen LogP contribution in [-0.2, 0) is 9.47 Å². The second kappa shape index (κ2) is 5.77. The summed E-state index contributed by atoms with van der Waals surface area (Å²) in [6.45, 7) is 0. The molecule has 1 saturated carbocycles. The van der Waals surface area contributed by atoms with Crippen molar-refractivity contribution in [2.75, 3.05) is 19.5 Å². The van der Waals surface area contributed by atoms with Crippen molar-refractivity contribution in [1.82, 2.24) is 9.97 Å². The number of hydrogen-bond acceptors (Lipinski definition) is 6. The van der Waals surface area contributed by atoms with E-state index < -0.39 is 5.97 Å². The fraction of sp³-hybridized carbons (Fsp3) is 0.583. The molecule has 98 valence electrons. The van der Waals surface area contributed by atoms with E-state index in [9.17, 15) is 4.79 Å². The predicted molar refractivity (Wildman–Crippen MR) is 65.4 cm³/mol. The van der Waals surface area contributed by atoms with Gasteiger partial charge in [0, 0.05) is 13.2 Å². The minimum atomic E-state index is -0.477. The van der Waals surface area contributed by atoms with Crippen LogP contribution in [0, 0.1) is 0 Å². The van der Waals surface area contributed by atoms with Crippen LogP contribution < -0.4 is 5.32 Å². The molecule has 1 aromatic heterocycles. The predicted octanol–water partition coefficient (Wildman–Crippen LogP) is 1.24. The van der Waals surface area contributed by atoms with Crippen molar-refractivity contribution in [2.45, 2.75) is 31.4 Å². The van der Waals surface area contributed by atoms with Gasteiger partial charge in [0.05, 0.1) is 25.6 Å². The monoisotopic (exact) mass is 251 g/mol. The third kappa shape index (κ3) is 2.95. The zero-order valence-corrected chi connectivity index (χ0v) is 10.5. The molecule has 1 fully saturated rings. The molecule has 2 rings (SSSR count). The van der Waals surface area contributed by atoms with Crippen LogP contribution in [0.2, 0.25) is 0 Å². The number of carbonyl (C=O) groups is 1. The van der Waals surface area contributed by atoms with Gasteiger partial charge < -0.3 is 14.8 Å². The Morgan fingerprint density at radius 3 is 2.72 bits per heavy atom. The molecular formula is C12H17N3O3. The number of nitrogens with one attached hydrogen (secondary N) is 1. The summed E-state index contributed by atoms with van der Waals surface area (Å²) in [7, 11) is 3.05. The van der Waals surface area contributed by atoms with Crippen LogP contribution in [0.5, 0.6) is 0 Å². The maximum absolute atomic E-state index is 11.2. The van der Waals surface area contributed by atoms with Crippen molar-refractivity contribution in [2.24, 2.45) is 0 Å². The van der Waals surface area contributed by atoms with Gasteiger partial charge in [-0.05, 0) is 19.3 Å². The van der Waals surface area contributed by atoms with Crippen LogP contribution in [0.4, 0.5) is 5.82 Å².